The Balaban J connectivity index is 2.29. The number of urea groups is 1. The van der Waals surface area contributed by atoms with Crippen LogP contribution in [-0.2, 0) is 9.59 Å². The zero-order chi connectivity index (χ0) is 12.1. The third-order valence-electron chi connectivity index (χ3n) is 2.14. The topological polar surface area (TPSA) is 122 Å². The Morgan fingerprint density at radius 3 is 2.56 bits per heavy atom. The summed E-state index contributed by atoms with van der Waals surface area (Å²) in [6, 6.07) is -0.867. The minimum Gasteiger partial charge on any atom is -0.481 e. The summed E-state index contributed by atoms with van der Waals surface area (Å²) in [5, 5.41) is 13.5. The van der Waals surface area contributed by atoms with Crippen molar-refractivity contribution in [3.8, 4) is 0 Å². The molecule has 0 saturated carbocycles. The largest absolute Gasteiger partial charge is 0.481 e. The number of hydrogen-bond acceptors (Lipinski definition) is 3. The van der Waals surface area contributed by atoms with Gasteiger partial charge in [-0.1, -0.05) is 12.2 Å². The van der Waals surface area contributed by atoms with Gasteiger partial charge in [-0.05, 0) is 6.42 Å². The van der Waals surface area contributed by atoms with Gasteiger partial charge in [0.05, 0.1) is 18.5 Å². The van der Waals surface area contributed by atoms with E-state index in [0.717, 1.165) is 0 Å². The molecule has 0 fully saturated rings. The van der Waals surface area contributed by atoms with Crippen LogP contribution in [0.5, 0.6) is 0 Å². The highest BCUT2D eigenvalue weighted by molar-refractivity contribution is 5.83. The van der Waals surface area contributed by atoms with Crippen molar-refractivity contribution in [3.05, 3.63) is 12.2 Å². The lowest BCUT2D eigenvalue weighted by atomic mass is 10.1. The second kappa shape index (κ2) is 5.15. The second-order valence-electron chi connectivity index (χ2n) is 3.47. The molecule has 0 spiro atoms. The molecular formula is C9H13N3O4. The SMILES string of the molecule is NC(=O)CNC(=O)NC1C=CC(C(=O)O)C1. The van der Waals surface area contributed by atoms with E-state index in [9.17, 15) is 14.4 Å². The molecule has 0 heterocycles. The van der Waals surface area contributed by atoms with Gasteiger partial charge < -0.3 is 21.5 Å². The minimum absolute atomic E-state index is 0.245. The number of carbonyl (C=O) groups is 3. The number of nitrogens with two attached hydrogens (primary N) is 1. The first kappa shape index (κ1) is 12.0. The average Bonchev–Trinajstić information content (AvgIpc) is 2.63. The van der Waals surface area contributed by atoms with E-state index in [0.29, 0.717) is 6.42 Å². The van der Waals surface area contributed by atoms with E-state index >= 15 is 0 Å². The Morgan fingerprint density at radius 2 is 2.06 bits per heavy atom. The number of primary amides is 1. The molecule has 2 atom stereocenters. The molecule has 88 valence electrons. The molecule has 0 saturated heterocycles. The first-order chi connectivity index (χ1) is 7.49. The molecule has 2 unspecified atom stereocenters. The smallest absolute Gasteiger partial charge is 0.315 e. The lowest BCUT2D eigenvalue weighted by Crippen LogP contribution is -2.44. The van der Waals surface area contributed by atoms with Crippen LogP contribution in [-0.4, -0.2) is 35.6 Å². The first-order valence-electron chi connectivity index (χ1n) is 4.73. The van der Waals surface area contributed by atoms with Crippen LogP contribution >= 0.6 is 0 Å². The van der Waals surface area contributed by atoms with Crippen LogP contribution in [0.15, 0.2) is 12.2 Å². The van der Waals surface area contributed by atoms with Gasteiger partial charge in [-0.2, -0.15) is 0 Å². The Morgan fingerprint density at radius 1 is 1.38 bits per heavy atom. The van der Waals surface area contributed by atoms with Gasteiger partial charge in [-0.25, -0.2) is 4.79 Å². The van der Waals surface area contributed by atoms with Crippen LogP contribution in [0.25, 0.3) is 0 Å². The van der Waals surface area contributed by atoms with E-state index in [1.807, 2.05) is 0 Å². The fourth-order valence-electron chi connectivity index (χ4n) is 1.38. The van der Waals surface area contributed by atoms with Gasteiger partial charge in [0.25, 0.3) is 0 Å². The number of carboxylic acids is 1. The van der Waals surface area contributed by atoms with Crippen LogP contribution in [0, 0.1) is 5.92 Å². The third kappa shape index (κ3) is 3.60. The van der Waals surface area contributed by atoms with Gasteiger partial charge in [-0.15, -0.1) is 0 Å². The van der Waals surface area contributed by atoms with Crippen molar-refractivity contribution >= 4 is 17.9 Å². The van der Waals surface area contributed by atoms with Gasteiger partial charge in [-0.3, -0.25) is 9.59 Å². The zero-order valence-electron chi connectivity index (χ0n) is 8.47. The summed E-state index contributed by atoms with van der Waals surface area (Å²) in [7, 11) is 0. The highest BCUT2D eigenvalue weighted by Crippen LogP contribution is 2.17. The lowest BCUT2D eigenvalue weighted by molar-refractivity contribution is -0.140. The van der Waals surface area contributed by atoms with Crippen molar-refractivity contribution < 1.29 is 19.5 Å². The maximum atomic E-state index is 11.2. The van der Waals surface area contributed by atoms with E-state index in [-0.39, 0.29) is 12.6 Å². The fourth-order valence-corrected chi connectivity index (χ4v) is 1.38. The van der Waals surface area contributed by atoms with Gasteiger partial charge >= 0.3 is 12.0 Å². The van der Waals surface area contributed by atoms with E-state index < -0.39 is 23.8 Å². The van der Waals surface area contributed by atoms with Crippen molar-refractivity contribution in [2.45, 2.75) is 12.5 Å². The Bertz CT molecular complexity index is 340. The van der Waals surface area contributed by atoms with Crippen molar-refractivity contribution in [1.29, 1.82) is 0 Å². The normalized spacial score (nSPS) is 22.8. The molecule has 0 bridgehead atoms. The van der Waals surface area contributed by atoms with Crippen molar-refractivity contribution in [2.75, 3.05) is 6.54 Å². The van der Waals surface area contributed by atoms with Crippen molar-refractivity contribution in [3.63, 3.8) is 0 Å². The minimum atomic E-state index is -0.918. The highest BCUT2D eigenvalue weighted by Gasteiger charge is 2.25. The summed E-state index contributed by atoms with van der Waals surface area (Å²) in [6.45, 7) is -0.245. The Labute approximate surface area is 91.7 Å². The van der Waals surface area contributed by atoms with Gasteiger partial charge in [0, 0.05) is 0 Å². The quantitative estimate of drug-likeness (QED) is 0.450. The van der Waals surface area contributed by atoms with Crippen molar-refractivity contribution in [1.82, 2.24) is 10.6 Å². The summed E-state index contributed by atoms with van der Waals surface area (Å²) in [5.74, 6) is -2.12. The molecule has 1 aliphatic rings. The predicted molar refractivity (Wildman–Crippen MR) is 54.4 cm³/mol. The molecule has 1 rings (SSSR count). The van der Waals surface area contributed by atoms with Crippen LogP contribution in [0.3, 0.4) is 0 Å². The summed E-state index contributed by atoms with van der Waals surface area (Å²) < 4.78 is 0. The lowest BCUT2D eigenvalue weighted by Gasteiger charge is -2.12. The van der Waals surface area contributed by atoms with Crippen LogP contribution in [0.1, 0.15) is 6.42 Å². The average molecular weight is 227 g/mol. The first-order valence-corrected chi connectivity index (χ1v) is 4.73. The van der Waals surface area contributed by atoms with Gasteiger partial charge in [0.1, 0.15) is 0 Å². The van der Waals surface area contributed by atoms with Gasteiger partial charge in [0.2, 0.25) is 5.91 Å². The molecule has 3 amide bonds. The Kier molecular flexibility index (Phi) is 3.87. The zero-order valence-corrected chi connectivity index (χ0v) is 8.47. The molecule has 0 aromatic carbocycles. The van der Waals surface area contributed by atoms with E-state index in [2.05, 4.69) is 10.6 Å². The fraction of sp³-hybridized carbons (Fsp3) is 0.444. The molecule has 7 heteroatoms. The molecule has 7 nitrogen and oxygen atoms in total. The van der Waals surface area contributed by atoms with E-state index in [4.69, 9.17) is 10.8 Å². The molecule has 5 N–H and O–H groups in total. The van der Waals surface area contributed by atoms with Gasteiger partial charge in [0.15, 0.2) is 0 Å². The number of carboxylic acid groups (broad SMARTS) is 1. The van der Waals surface area contributed by atoms with Crippen molar-refractivity contribution in [2.24, 2.45) is 11.7 Å². The third-order valence-corrected chi connectivity index (χ3v) is 2.14. The number of carbonyl (C=O) groups excluding carboxylic acids is 2. The monoisotopic (exact) mass is 227 g/mol. The summed E-state index contributed by atoms with van der Waals surface area (Å²) >= 11 is 0. The molecular weight excluding hydrogens is 214 g/mol. The highest BCUT2D eigenvalue weighted by atomic mass is 16.4. The molecule has 1 aliphatic carbocycles. The standard InChI is InChI=1S/C9H13N3O4/c10-7(13)4-11-9(16)12-6-2-1-5(3-6)8(14)15/h1-2,5-6H,3-4H2,(H2,10,13)(H,14,15)(H2,11,12,16). The number of amides is 3. The maximum absolute atomic E-state index is 11.2. The number of aliphatic carboxylic acids is 1. The van der Waals surface area contributed by atoms with Crippen LogP contribution in [0.2, 0.25) is 0 Å². The van der Waals surface area contributed by atoms with E-state index in [1.54, 1.807) is 6.08 Å². The summed E-state index contributed by atoms with van der Waals surface area (Å²) in [5.41, 5.74) is 4.84. The van der Waals surface area contributed by atoms with Crippen LogP contribution in [0.4, 0.5) is 4.79 Å². The summed E-state index contributed by atoms with van der Waals surface area (Å²) in [6.07, 6.45) is 3.46. The number of nitrogens with one attached hydrogen (secondary N) is 2. The predicted octanol–water partition coefficient (Wildman–Crippen LogP) is -1.20. The molecule has 0 aromatic rings. The molecule has 0 radical (unpaired) electrons. The molecule has 16 heavy (non-hydrogen) atoms. The number of hydrogen-bond donors (Lipinski definition) is 4. The number of rotatable bonds is 4. The van der Waals surface area contributed by atoms with E-state index in [1.165, 1.54) is 6.08 Å². The molecule has 0 aromatic heterocycles. The molecule has 0 aliphatic heterocycles. The Hall–Kier alpha value is -2.05. The van der Waals surface area contributed by atoms with Crippen LogP contribution < -0.4 is 16.4 Å². The summed E-state index contributed by atoms with van der Waals surface area (Å²) in [4.78, 5) is 32.1. The maximum Gasteiger partial charge on any atom is 0.315 e. The second-order valence-corrected chi connectivity index (χ2v) is 3.47.